The van der Waals surface area contributed by atoms with E-state index in [4.69, 9.17) is 9.47 Å². The van der Waals surface area contributed by atoms with E-state index in [0.717, 1.165) is 12.1 Å². The van der Waals surface area contributed by atoms with E-state index in [2.05, 4.69) is 10.6 Å². The number of amides is 3. The van der Waals surface area contributed by atoms with Crippen LogP contribution in [0.15, 0.2) is 24.3 Å². The number of benzene rings is 1. The molecule has 0 unspecified atom stereocenters. The number of hydrogen-bond donors (Lipinski definition) is 2. The maximum atomic E-state index is 12.8. The molecule has 11 heteroatoms. The van der Waals surface area contributed by atoms with Crippen LogP contribution in [0, 0.1) is 0 Å². The fourth-order valence-corrected chi connectivity index (χ4v) is 3.13. The molecule has 1 heterocycles. The average molecular weight is 459 g/mol. The van der Waals surface area contributed by atoms with Crippen LogP contribution in [-0.2, 0) is 20.4 Å². The Morgan fingerprint density at radius 1 is 1.16 bits per heavy atom. The molecule has 2 N–H and O–H groups in total. The van der Waals surface area contributed by atoms with Crippen molar-refractivity contribution in [1.82, 2.24) is 15.5 Å². The zero-order valence-electron chi connectivity index (χ0n) is 18.4. The molecule has 0 spiro atoms. The van der Waals surface area contributed by atoms with Crippen LogP contribution in [-0.4, -0.2) is 66.8 Å². The summed E-state index contributed by atoms with van der Waals surface area (Å²) in [6, 6.07) is 3.39. The molecule has 0 radical (unpaired) electrons. The molecule has 1 aromatic rings. The molecule has 8 nitrogen and oxygen atoms in total. The van der Waals surface area contributed by atoms with Gasteiger partial charge in [0.1, 0.15) is 5.60 Å². The first-order chi connectivity index (χ1) is 14.8. The van der Waals surface area contributed by atoms with Gasteiger partial charge < -0.3 is 25.0 Å². The molecule has 0 aromatic heterocycles. The number of alkyl halides is 3. The lowest BCUT2D eigenvalue weighted by Gasteiger charge is -2.24. The predicted molar refractivity (Wildman–Crippen MR) is 109 cm³/mol. The fourth-order valence-electron chi connectivity index (χ4n) is 3.13. The lowest BCUT2D eigenvalue weighted by molar-refractivity contribution is -0.137. The standard InChI is InChI=1S/C21H28F3N3O5/c1-5-31-16-12-27(19(30)32-20(2,3)4)11-15(16)26-17(28)10-25-18(29)13-7-6-8-14(9-13)21(22,23)24/h6-9,15-16H,5,10-12H2,1-4H3,(H,25,29)(H,26,28)/t15-,16-/m1/s1. The van der Waals surface area contributed by atoms with E-state index in [9.17, 15) is 27.6 Å². The van der Waals surface area contributed by atoms with Crippen LogP contribution < -0.4 is 10.6 Å². The highest BCUT2D eigenvalue weighted by molar-refractivity contribution is 5.96. The molecule has 1 aliphatic heterocycles. The Morgan fingerprint density at radius 3 is 2.44 bits per heavy atom. The topological polar surface area (TPSA) is 97.0 Å². The smallest absolute Gasteiger partial charge is 0.416 e. The molecule has 1 saturated heterocycles. The molecule has 1 aliphatic rings. The van der Waals surface area contributed by atoms with Crippen molar-refractivity contribution in [3.63, 3.8) is 0 Å². The van der Waals surface area contributed by atoms with E-state index in [1.165, 1.54) is 11.0 Å². The van der Waals surface area contributed by atoms with Gasteiger partial charge in [0.2, 0.25) is 5.91 Å². The van der Waals surface area contributed by atoms with Gasteiger partial charge in [-0.25, -0.2) is 4.79 Å². The Bertz CT molecular complexity index is 839. The molecule has 0 saturated carbocycles. The first-order valence-electron chi connectivity index (χ1n) is 10.1. The van der Waals surface area contributed by atoms with E-state index in [1.807, 2.05) is 0 Å². The molecule has 3 amide bonds. The van der Waals surface area contributed by atoms with Crippen molar-refractivity contribution >= 4 is 17.9 Å². The summed E-state index contributed by atoms with van der Waals surface area (Å²) in [5.41, 5.74) is -1.84. The second kappa shape index (κ2) is 10.2. The summed E-state index contributed by atoms with van der Waals surface area (Å²) in [5.74, 6) is -1.37. The Balaban J connectivity index is 1.93. The molecular weight excluding hydrogens is 431 g/mol. The van der Waals surface area contributed by atoms with Crippen LogP contribution >= 0.6 is 0 Å². The van der Waals surface area contributed by atoms with Gasteiger partial charge in [-0.2, -0.15) is 13.2 Å². The highest BCUT2D eigenvalue weighted by Gasteiger charge is 2.38. The highest BCUT2D eigenvalue weighted by Crippen LogP contribution is 2.29. The molecule has 1 aromatic carbocycles. The zero-order valence-corrected chi connectivity index (χ0v) is 18.4. The minimum atomic E-state index is -4.58. The van der Waals surface area contributed by atoms with E-state index in [1.54, 1.807) is 27.7 Å². The number of hydrogen-bond acceptors (Lipinski definition) is 5. The van der Waals surface area contributed by atoms with Gasteiger partial charge in [0.25, 0.3) is 5.91 Å². The minimum absolute atomic E-state index is 0.160. The van der Waals surface area contributed by atoms with Gasteiger partial charge in [-0.1, -0.05) is 6.07 Å². The Hall–Kier alpha value is -2.82. The SMILES string of the molecule is CCO[C@@H]1CN(C(=O)OC(C)(C)C)C[C@H]1NC(=O)CNC(=O)c1cccc(C(F)(F)F)c1. The molecule has 0 aliphatic carbocycles. The summed E-state index contributed by atoms with van der Waals surface area (Å²) in [7, 11) is 0. The van der Waals surface area contributed by atoms with E-state index in [0.29, 0.717) is 12.7 Å². The average Bonchev–Trinajstić information content (AvgIpc) is 3.07. The van der Waals surface area contributed by atoms with Crippen LogP contribution in [0.25, 0.3) is 0 Å². The van der Waals surface area contributed by atoms with Gasteiger partial charge in [-0.15, -0.1) is 0 Å². The van der Waals surface area contributed by atoms with Crippen molar-refractivity contribution in [2.45, 2.75) is 51.6 Å². The zero-order chi connectivity index (χ0) is 24.1. The summed E-state index contributed by atoms with van der Waals surface area (Å²) in [6.07, 6.45) is -5.57. The number of halogens is 3. The summed E-state index contributed by atoms with van der Waals surface area (Å²) >= 11 is 0. The Morgan fingerprint density at radius 2 is 1.84 bits per heavy atom. The molecule has 1 fully saturated rings. The second-order valence-electron chi connectivity index (χ2n) is 8.31. The van der Waals surface area contributed by atoms with E-state index < -0.39 is 53.9 Å². The molecular formula is C21H28F3N3O5. The van der Waals surface area contributed by atoms with Gasteiger partial charge in [0.05, 0.1) is 30.8 Å². The highest BCUT2D eigenvalue weighted by atomic mass is 19.4. The third-order valence-corrected chi connectivity index (χ3v) is 4.51. The third-order valence-electron chi connectivity index (χ3n) is 4.51. The van der Waals surface area contributed by atoms with Crippen molar-refractivity contribution in [3.8, 4) is 0 Å². The third kappa shape index (κ3) is 7.40. The van der Waals surface area contributed by atoms with Gasteiger partial charge in [0.15, 0.2) is 0 Å². The first kappa shape index (κ1) is 25.4. The lowest BCUT2D eigenvalue weighted by atomic mass is 10.1. The van der Waals surface area contributed by atoms with Gasteiger partial charge >= 0.3 is 12.3 Å². The number of likely N-dealkylation sites (tertiary alicyclic amines) is 1. The molecule has 0 bridgehead atoms. The molecule has 178 valence electrons. The van der Waals surface area contributed by atoms with Crippen molar-refractivity contribution in [2.24, 2.45) is 0 Å². The number of carbonyl (C=O) groups is 3. The monoisotopic (exact) mass is 459 g/mol. The summed E-state index contributed by atoms with van der Waals surface area (Å²) in [6.45, 7) is 7.32. The van der Waals surface area contributed by atoms with Crippen molar-refractivity contribution in [2.75, 3.05) is 26.2 Å². The number of nitrogens with zero attached hydrogens (tertiary/aromatic N) is 1. The van der Waals surface area contributed by atoms with E-state index in [-0.39, 0.29) is 18.7 Å². The van der Waals surface area contributed by atoms with Gasteiger partial charge in [-0.05, 0) is 45.9 Å². The minimum Gasteiger partial charge on any atom is -0.444 e. The largest absolute Gasteiger partial charge is 0.444 e. The van der Waals surface area contributed by atoms with Gasteiger partial charge in [0, 0.05) is 18.7 Å². The van der Waals surface area contributed by atoms with Crippen LogP contribution in [0.5, 0.6) is 0 Å². The van der Waals surface area contributed by atoms with Crippen molar-refractivity contribution in [3.05, 3.63) is 35.4 Å². The van der Waals surface area contributed by atoms with Crippen LogP contribution in [0.1, 0.15) is 43.6 Å². The quantitative estimate of drug-likeness (QED) is 0.682. The van der Waals surface area contributed by atoms with Crippen molar-refractivity contribution < 1.29 is 37.0 Å². The maximum absolute atomic E-state index is 12.8. The summed E-state index contributed by atoms with van der Waals surface area (Å²) in [4.78, 5) is 38.2. The molecule has 2 rings (SSSR count). The Kier molecular flexibility index (Phi) is 8.11. The second-order valence-corrected chi connectivity index (χ2v) is 8.31. The normalized spacial score (nSPS) is 18.9. The number of rotatable bonds is 6. The van der Waals surface area contributed by atoms with E-state index >= 15 is 0 Å². The lowest BCUT2D eigenvalue weighted by Crippen LogP contribution is -2.47. The van der Waals surface area contributed by atoms with Crippen LogP contribution in [0.2, 0.25) is 0 Å². The number of ether oxygens (including phenoxy) is 2. The first-order valence-corrected chi connectivity index (χ1v) is 10.1. The summed E-state index contributed by atoms with van der Waals surface area (Å²) < 4.78 is 49.4. The Labute approximate surface area is 184 Å². The van der Waals surface area contributed by atoms with Gasteiger partial charge in [-0.3, -0.25) is 9.59 Å². The molecule has 2 atom stereocenters. The molecule has 32 heavy (non-hydrogen) atoms. The van der Waals surface area contributed by atoms with Crippen LogP contribution in [0.4, 0.5) is 18.0 Å². The van der Waals surface area contributed by atoms with Crippen molar-refractivity contribution in [1.29, 1.82) is 0 Å². The number of nitrogens with one attached hydrogen (secondary N) is 2. The summed E-state index contributed by atoms with van der Waals surface area (Å²) in [5, 5.41) is 4.99. The maximum Gasteiger partial charge on any atom is 0.416 e. The predicted octanol–water partition coefficient (Wildman–Crippen LogP) is 2.58. The number of carbonyl (C=O) groups excluding carboxylic acids is 3. The van der Waals surface area contributed by atoms with Crippen LogP contribution in [0.3, 0.4) is 0 Å². The fraction of sp³-hybridized carbons (Fsp3) is 0.571.